The Bertz CT molecular complexity index is 559. The van der Waals surface area contributed by atoms with Crippen molar-refractivity contribution in [3.8, 4) is 10.6 Å². The summed E-state index contributed by atoms with van der Waals surface area (Å²) in [5, 5.41) is 14.3. The van der Waals surface area contributed by atoms with E-state index in [1.165, 1.54) is 0 Å². The number of benzene rings is 1. The number of rotatable bonds is 7. The van der Waals surface area contributed by atoms with Crippen LogP contribution >= 0.6 is 22.9 Å². The molecule has 108 valence electrons. The van der Waals surface area contributed by atoms with Gasteiger partial charge in [0, 0.05) is 32.2 Å². The maximum absolute atomic E-state index is 6.25. The molecule has 1 heterocycles. The van der Waals surface area contributed by atoms with Gasteiger partial charge in [0.2, 0.25) is 0 Å². The maximum atomic E-state index is 6.25. The van der Waals surface area contributed by atoms with E-state index in [1.807, 2.05) is 25.1 Å². The van der Waals surface area contributed by atoms with E-state index in [1.54, 1.807) is 18.4 Å². The van der Waals surface area contributed by atoms with Gasteiger partial charge in [0.1, 0.15) is 10.0 Å². The number of nitrogens with one attached hydrogen (secondary N) is 1. The van der Waals surface area contributed by atoms with Gasteiger partial charge in [0.25, 0.3) is 0 Å². The molecule has 0 aliphatic rings. The summed E-state index contributed by atoms with van der Waals surface area (Å²) in [6.07, 6.45) is 0.866. The van der Waals surface area contributed by atoms with Crippen LogP contribution < -0.4 is 5.32 Å². The fourth-order valence-electron chi connectivity index (χ4n) is 1.75. The Morgan fingerprint density at radius 1 is 1.30 bits per heavy atom. The molecule has 0 unspecified atom stereocenters. The van der Waals surface area contributed by atoms with Gasteiger partial charge in [-0.3, -0.25) is 0 Å². The van der Waals surface area contributed by atoms with Crippen LogP contribution in [0.1, 0.15) is 10.6 Å². The molecular formula is C14H18ClN3OS. The zero-order valence-corrected chi connectivity index (χ0v) is 13.2. The minimum absolute atomic E-state index is 0.723. The fraction of sp³-hybridized carbons (Fsp3) is 0.429. The second-order valence-corrected chi connectivity index (χ2v) is 5.95. The molecule has 1 N–H and O–H groups in total. The van der Waals surface area contributed by atoms with Gasteiger partial charge in [-0.1, -0.05) is 35.1 Å². The Labute approximate surface area is 128 Å². The van der Waals surface area contributed by atoms with Gasteiger partial charge in [-0.25, -0.2) is 0 Å². The SMILES string of the molecule is COCCNCCc1nnc(-c2ccc(C)cc2Cl)s1. The summed E-state index contributed by atoms with van der Waals surface area (Å²) in [6, 6.07) is 5.98. The molecule has 2 aromatic rings. The van der Waals surface area contributed by atoms with Crippen LogP contribution in [0.5, 0.6) is 0 Å². The molecule has 0 atom stereocenters. The van der Waals surface area contributed by atoms with Crippen molar-refractivity contribution in [1.29, 1.82) is 0 Å². The molecule has 2 rings (SSSR count). The van der Waals surface area contributed by atoms with E-state index in [9.17, 15) is 0 Å². The number of aryl methyl sites for hydroxylation is 1. The highest BCUT2D eigenvalue weighted by Crippen LogP contribution is 2.30. The zero-order chi connectivity index (χ0) is 14.4. The van der Waals surface area contributed by atoms with Gasteiger partial charge >= 0.3 is 0 Å². The van der Waals surface area contributed by atoms with E-state index in [0.29, 0.717) is 0 Å². The number of ether oxygens (including phenoxy) is 1. The van der Waals surface area contributed by atoms with Crippen molar-refractivity contribution >= 4 is 22.9 Å². The second-order valence-electron chi connectivity index (χ2n) is 4.48. The van der Waals surface area contributed by atoms with Crippen molar-refractivity contribution in [1.82, 2.24) is 15.5 Å². The molecule has 0 aliphatic heterocycles. The number of halogens is 1. The first kappa shape index (κ1) is 15.4. The lowest BCUT2D eigenvalue weighted by molar-refractivity contribution is 0.199. The minimum Gasteiger partial charge on any atom is -0.383 e. The standard InChI is InChI=1S/C14H18ClN3OS/c1-10-3-4-11(12(15)9-10)14-18-17-13(20-14)5-6-16-7-8-19-2/h3-4,9,16H,5-8H2,1-2H3. The monoisotopic (exact) mass is 311 g/mol. The molecule has 0 fully saturated rings. The molecule has 0 spiro atoms. The number of methoxy groups -OCH3 is 1. The minimum atomic E-state index is 0.723. The van der Waals surface area contributed by atoms with Gasteiger partial charge < -0.3 is 10.1 Å². The van der Waals surface area contributed by atoms with E-state index in [-0.39, 0.29) is 0 Å². The van der Waals surface area contributed by atoms with Crippen molar-refractivity contribution < 1.29 is 4.74 Å². The largest absolute Gasteiger partial charge is 0.383 e. The first-order valence-corrected chi connectivity index (χ1v) is 7.68. The maximum Gasteiger partial charge on any atom is 0.149 e. The summed E-state index contributed by atoms with van der Waals surface area (Å²) in [5.74, 6) is 0. The van der Waals surface area contributed by atoms with Crippen molar-refractivity contribution in [2.75, 3.05) is 26.8 Å². The number of hydrogen-bond acceptors (Lipinski definition) is 5. The van der Waals surface area contributed by atoms with Crippen LogP contribution in [-0.2, 0) is 11.2 Å². The summed E-state index contributed by atoms with van der Waals surface area (Å²) in [4.78, 5) is 0. The van der Waals surface area contributed by atoms with Crippen molar-refractivity contribution in [2.45, 2.75) is 13.3 Å². The van der Waals surface area contributed by atoms with Crippen LogP contribution in [0.25, 0.3) is 10.6 Å². The number of nitrogens with zero attached hydrogens (tertiary/aromatic N) is 2. The molecule has 1 aromatic carbocycles. The van der Waals surface area contributed by atoms with E-state index in [4.69, 9.17) is 16.3 Å². The van der Waals surface area contributed by atoms with Crippen molar-refractivity contribution in [2.24, 2.45) is 0 Å². The molecule has 1 aromatic heterocycles. The summed E-state index contributed by atoms with van der Waals surface area (Å²) < 4.78 is 4.98. The topological polar surface area (TPSA) is 47.0 Å². The second kappa shape index (κ2) is 7.69. The van der Waals surface area contributed by atoms with Gasteiger partial charge in [0.15, 0.2) is 0 Å². The summed E-state index contributed by atoms with van der Waals surface area (Å²) in [5.41, 5.74) is 2.10. The Balaban J connectivity index is 1.95. The third kappa shape index (κ3) is 4.24. The van der Waals surface area contributed by atoms with E-state index in [0.717, 1.165) is 52.3 Å². The molecule has 0 amide bonds. The Morgan fingerprint density at radius 2 is 2.15 bits per heavy atom. The van der Waals surface area contributed by atoms with Crippen LogP contribution in [0.4, 0.5) is 0 Å². The molecule has 0 saturated heterocycles. The first-order valence-electron chi connectivity index (χ1n) is 6.49. The Kier molecular flexibility index (Phi) is 5.91. The van der Waals surface area contributed by atoms with Crippen molar-refractivity contribution in [3.63, 3.8) is 0 Å². The van der Waals surface area contributed by atoms with Gasteiger partial charge in [-0.05, 0) is 18.6 Å². The quantitative estimate of drug-likeness (QED) is 0.799. The van der Waals surface area contributed by atoms with Crippen LogP contribution in [0, 0.1) is 6.92 Å². The third-order valence-corrected chi connectivity index (χ3v) is 4.15. The Hall–Kier alpha value is -1.01. The average Bonchev–Trinajstić information content (AvgIpc) is 2.87. The third-order valence-electron chi connectivity index (χ3n) is 2.82. The van der Waals surface area contributed by atoms with Gasteiger partial charge in [-0.2, -0.15) is 0 Å². The molecule has 0 bridgehead atoms. The first-order chi connectivity index (χ1) is 9.70. The highest BCUT2D eigenvalue weighted by molar-refractivity contribution is 7.14. The predicted octanol–water partition coefficient (Wildman–Crippen LogP) is 2.95. The average molecular weight is 312 g/mol. The smallest absolute Gasteiger partial charge is 0.149 e. The van der Waals surface area contributed by atoms with E-state index in [2.05, 4.69) is 15.5 Å². The van der Waals surface area contributed by atoms with E-state index < -0.39 is 0 Å². The van der Waals surface area contributed by atoms with Crippen LogP contribution in [-0.4, -0.2) is 37.0 Å². The molecule has 20 heavy (non-hydrogen) atoms. The molecule has 0 aliphatic carbocycles. The summed E-state index contributed by atoms with van der Waals surface area (Å²) in [7, 11) is 1.70. The lowest BCUT2D eigenvalue weighted by atomic mass is 10.2. The zero-order valence-electron chi connectivity index (χ0n) is 11.6. The molecule has 6 heteroatoms. The van der Waals surface area contributed by atoms with E-state index >= 15 is 0 Å². The van der Waals surface area contributed by atoms with Gasteiger partial charge in [0.05, 0.1) is 11.6 Å². The summed E-state index contributed by atoms with van der Waals surface area (Å²) >= 11 is 7.84. The van der Waals surface area contributed by atoms with Crippen molar-refractivity contribution in [3.05, 3.63) is 33.8 Å². The predicted molar refractivity (Wildman–Crippen MR) is 83.5 cm³/mol. The Morgan fingerprint density at radius 3 is 2.90 bits per heavy atom. The molecule has 0 saturated carbocycles. The highest BCUT2D eigenvalue weighted by Gasteiger charge is 2.10. The molecular weight excluding hydrogens is 294 g/mol. The fourth-order valence-corrected chi connectivity index (χ4v) is 3.01. The lowest BCUT2D eigenvalue weighted by Gasteiger charge is -2.01. The van der Waals surface area contributed by atoms with Crippen LogP contribution in [0.3, 0.4) is 0 Å². The molecule has 0 radical (unpaired) electrons. The normalized spacial score (nSPS) is 10.9. The number of hydrogen-bond donors (Lipinski definition) is 1. The van der Waals surface area contributed by atoms with Gasteiger partial charge in [-0.15, -0.1) is 10.2 Å². The molecule has 4 nitrogen and oxygen atoms in total. The summed E-state index contributed by atoms with van der Waals surface area (Å²) in [6.45, 7) is 4.47. The van der Waals surface area contributed by atoms with Crippen LogP contribution in [0.2, 0.25) is 5.02 Å². The number of aromatic nitrogens is 2. The lowest BCUT2D eigenvalue weighted by Crippen LogP contribution is -2.21. The van der Waals surface area contributed by atoms with Crippen LogP contribution in [0.15, 0.2) is 18.2 Å². The highest BCUT2D eigenvalue weighted by atomic mass is 35.5.